The molecule has 2 rings (SSSR count). The first-order valence-corrected chi connectivity index (χ1v) is 11.0. The summed E-state index contributed by atoms with van der Waals surface area (Å²) in [6.07, 6.45) is 0.774. The van der Waals surface area contributed by atoms with Crippen molar-refractivity contribution < 1.29 is 14.3 Å². The lowest BCUT2D eigenvalue weighted by Crippen LogP contribution is -2.62. The summed E-state index contributed by atoms with van der Waals surface area (Å²) in [7, 11) is 3.84. The summed E-state index contributed by atoms with van der Waals surface area (Å²) in [5.41, 5.74) is 2.18. The van der Waals surface area contributed by atoms with Gasteiger partial charge in [-0.05, 0) is 58.5 Å². The van der Waals surface area contributed by atoms with Crippen molar-refractivity contribution in [2.24, 2.45) is 0 Å². The third kappa shape index (κ3) is 4.59. The molecular weight excluding hydrogens is 525 g/mol. The highest BCUT2D eigenvalue weighted by Gasteiger charge is 2.48. The molecule has 2 atom stereocenters. The number of amides is 2. The van der Waals surface area contributed by atoms with Gasteiger partial charge >= 0.3 is 6.09 Å². The SMILES string of the molecule is CCOC(=O)N1CCC(C(=O)Nc2c(C)ccc(Br)c2C)(N(C)C)CC1I. The number of hydrogen-bond donors (Lipinski definition) is 1. The number of likely N-dealkylation sites (N-methyl/N-ethyl adjacent to an activating group) is 1. The largest absolute Gasteiger partial charge is 0.450 e. The van der Waals surface area contributed by atoms with Crippen LogP contribution in [0.3, 0.4) is 0 Å². The van der Waals surface area contributed by atoms with Crippen molar-refractivity contribution in [3.8, 4) is 0 Å². The van der Waals surface area contributed by atoms with Gasteiger partial charge in [0.15, 0.2) is 0 Å². The monoisotopic (exact) mass is 551 g/mol. The topological polar surface area (TPSA) is 61.9 Å². The Labute approximate surface area is 183 Å². The van der Waals surface area contributed by atoms with Crippen molar-refractivity contribution in [2.45, 2.75) is 43.2 Å². The zero-order valence-electron chi connectivity index (χ0n) is 16.4. The Bertz CT molecular complexity index is 728. The van der Waals surface area contributed by atoms with Crippen molar-refractivity contribution in [3.63, 3.8) is 0 Å². The number of carbonyl (C=O) groups excluding carboxylic acids is 2. The molecular formula is C19H27BrIN3O3. The van der Waals surface area contributed by atoms with E-state index in [0.29, 0.717) is 26.0 Å². The van der Waals surface area contributed by atoms with Crippen LogP contribution in [0.1, 0.15) is 30.9 Å². The van der Waals surface area contributed by atoms with E-state index in [1.54, 1.807) is 11.8 Å². The van der Waals surface area contributed by atoms with Gasteiger partial charge in [0.1, 0.15) is 5.54 Å². The number of alkyl halides is 1. The zero-order valence-corrected chi connectivity index (χ0v) is 20.2. The van der Waals surface area contributed by atoms with E-state index in [9.17, 15) is 9.59 Å². The van der Waals surface area contributed by atoms with Gasteiger partial charge in [0.05, 0.1) is 10.7 Å². The standard InChI is InChI=1S/C19H27BrIN3O3/c1-6-27-18(26)24-10-9-19(23(4)5,11-15(24)21)17(25)22-16-12(2)7-8-14(20)13(16)3/h7-8,15H,6,9-11H2,1-5H3,(H,22,25). The minimum absolute atomic E-state index is 0.0398. The quantitative estimate of drug-likeness (QED) is 0.344. The van der Waals surface area contributed by atoms with Gasteiger partial charge in [0.25, 0.3) is 0 Å². The summed E-state index contributed by atoms with van der Waals surface area (Å²) in [5.74, 6) is -0.0398. The fourth-order valence-electron chi connectivity index (χ4n) is 3.41. The Hall–Kier alpha value is -0.870. The Balaban J connectivity index is 2.27. The van der Waals surface area contributed by atoms with Gasteiger partial charge < -0.3 is 10.1 Å². The first-order chi connectivity index (χ1) is 12.6. The molecule has 0 aromatic heterocycles. The van der Waals surface area contributed by atoms with E-state index < -0.39 is 5.54 Å². The van der Waals surface area contributed by atoms with Crippen LogP contribution in [0.5, 0.6) is 0 Å². The highest BCUT2D eigenvalue weighted by molar-refractivity contribution is 14.1. The molecule has 0 saturated carbocycles. The molecule has 1 aliphatic rings. The van der Waals surface area contributed by atoms with Crippen LogP contribution in [-0.4, -0.2) is 58.6 Å². The number of hydrogen-bond acceptors (Lipinski definition) is 4. The second kappa shape index (κ2) is 9.09. The van der Waals surface area contributed by atoms with E-state index in [4.69, 9.17) is 4.74 Å². The number of halogens is 2. The minimum atomic E-state index is -0.684. The highest BCUT2D eigenvalue weighted by Crippen LogP contribution is 2.36. The molecule has 0 radical (unpaired) electrons. The van der Waals surface area contributed by atoms with E-state index >= 15 is 0 Å². The average molecular weight is 552 g/mol. The predicted octanol–water partition coefficient (Wildman–Crippen LogP) is 4.32. The molecule has 8 heteroatoms. The maximum Gasteiger partial charge on any atom is 0.410 e. The van der Waals surface area contributed by atoms with Crippen molar-refractivity contribution in [3.05, 3.63) is 27.7 Å². The van der Waals surface area contributed by atoms with E-state index in [2.05, 4.69) is 43.8 Å². The van der Waals surface area contributed by atoms with Crippen molar-refractivity contribution in [2.75, 3.05) is 32.6 Å². The summed E-state index contributed by atoms with van der Waals surface area (Å²) in [4.78, 5) is 29.2. The molecule has 0 aliphatic carbocycles. The number of rotatable bonds is 4. The van der Waals surface area contributed by atoms with Crippen molar-refractivity contribution in [1.82, 2.24) is 9.80 Å². The van der Waals surface area contributed by atoms with Gasteiger partial charge in [-0.1, -0.05) is 44.6 Å². The van der Waals surface area contributed by atoms with E-state index in [1.165, 1.54) is 0 Å². The molecule has 1 heterocycles. The molecule has 1 aromatic carbocycles. The number of aryl methyl sites for hydroxylation is 1. The number of anilines is 1. The molecule has 150 valence electrons. The van der Waals surface area contributed by atoms with Gasteiger partial charge in [0, 0.05) is 23.1 Å². The lowest BCUT2D eigenvalue weighted by molar-refractivity contribution is -0.129. The van der Waals surface area contributed by atoms with Crippen LogP contribution in [0, 0.1) is 13.8 Å². The normalized spacial score (nSPS) is 22.7. The lowest BCUT2D eigenvalue weighted by atomic mass is 9.85. The second-order valence-electron chi connectivity index (χ2n) is 7.03. The molecule has 1 aliphatic heterocycles. The van der Waals surface area contributed by atoms with Crippen molar-refractivity contribution in [1.29, 1.82) is 0 Å². The maximum absolute atomic E-state index is 13.4. The molecule has 2 amide bonds. The van der Waals surface area contributed by atoms with E-state index in [-0.39, 0.29) is 16.0 Å². The molecule has 2 unspecified atom stereocenters. The summed E-state index contributed by atoms with van der Waals surface area (Å²) in [6, 6.07) is 3.97. The van der Waals surface area contributed by atoms with Crippen LogP contribution in [0.15, 0.2) is 16.6 Å². The molecule has 6 nitrogen and oxygen atoms in total. The number of ether oxygens (including phenoxy) is 1. The summed E-state index contributed by atoms with van der Waals surface area (Å²) < 4.78 is 5.99. The van der Waals surface area contributed by atoms with E-state index in [0.717, 1.165) is 21.3 Å². The van der Waals surface area contributed by atoms with Gasteiger partial charge in [-0.25, -0.2) is 4.79 Å². The molecule has 1 aromatic rings. The second-order valence-corrected chi connectivity index (χ2v) is 9.32. The molecule has 1 fully saturated rings. The fourth-order valence-corrected chi connectivity index (χ4v) is 4.97. The van der Waals surface area contributed by atoms with Crippen LogP contribution in [0.4, 0.5) is 10.5 Å². The summed E-state index contributed by atoms with van der Waals surface area (Å²) in [5, 5.41) is 3.15. The van der Waals surface area contributed by atoms with Crippen molar-refractivity contribution >= 4 is 56.2 Å². The smallest absolute Gasteiger partial charge is 0.410 e. The third-order valence-corrected chi connectivity index (χ3v) is 7.21. The number of nitrogens with zero attached hydrogens (tertiary/aromatic N) is 2. The van der Waals surface area contributed by atoms with Crippen LogP contribution in [-0.2, 0) is 9.53 Å². The third-order valence-electron chi connectivity index (χ3n) is 5.24. The Morgan fingerprint density at radius 2 is 2.07 bits per heavy atom. The number of nitrogens with one attached hydrogen (secondary N) is 1. The fraction of sp³-hybridized carbons (Fsp3) is 0.579. The molecule has 0 spiro atoms. The maximum atomic E-state index is 13.4. The number of piperidine rings is 1. The number of likely N-dealkylation sites (tertiary alicyclic amines) is 1. The Morgan fingerprint density at radius 3 is 2.63 bits per heavy atom. The van der Waals surface area contributed by atoms with Crippen LogP contribution in [0.25, 0.3) is 0 Å². The minimum Gasteiger partial charge on any atom is -0.450 e. The first-order valence-electron chi connectivity index (χ1n) is 8.96. The van der Waals surface area contributed by atoms with Crippen LogP contribution in [0.2, 0.25) is 0 Å². The van der Waals surface area contributed by atoms with Crippen LogP contribution < -0.4 is 5.32 Å². The van der Waals surface area contributed by atoms with Gasteiger partial charge in [-0.15, -0.1) is 0 Å². The molecule has 27 heavy (non-hydrogen) atoms. The van der Waals surface area contributed by atoms with Crippen LogP contribution >= 0.6 is 38.5 Å². The number of benzene rings is 1. The van der Waals surface area contributed by atoms with E-state index in [1.807, 2.05) is 45.0 Å². The Morgan fingerprint density at radius 1 is 1.41 bits per heavy atom. The predicted molar refractivity (Wildman–Crippen MR) is 119 cm³/mol. The highest BCUT2D eigenvalue weighted by atomic mass is 127. The molecule has 1 saturated heterocycles. The summed E-state index contributed by atoms with van der Waals surface area (Å²) in [6.45, 7) is 6.60. The van der Waals surface area contributed by atoms with Gasteiger partial charge in [-0.2, -0.15) is 0 Å². The summed E-state index contributed by atoms with van der Waals surface area (Å²) >= 11 is 5.76. The number of carbonyl (C=O) groups is 2. The molecule has 1 N–H and O–H groups in total. The van der Waals surface area contributed by atoms with Gasteiger partial charge in [0.2, 0.25) is 5.91 Å². The van der Waals surface area contributed by atoms with Gasteiger partial charge in [-0.3, -0.25) is 14.6 Å². The molecule has 0 bridgehead atoms. The zero-order chi connectivity index (χ0) is 20.4. The Kier molecular flexibility index (Phi) is 7.54. The lowest BCUT2D eigenvalue weighted by Gasteiger charge is -2.46. The first kappa shape index (κ1) is 22.4. The average Bonchev–Trinajstić information content (AvgIpc) is 2.61.